The third-order valence-corrected chi connectivity index (χ3v) is 4.52. The summed E-state index contributed by atoms with van der Waals surface area (Å²) in [5, 5.41) is 0.547. The van der Waals surface area contributed by atoms with Gasteiger partial charge in [0.05, 0.1) is 5.75 Å². The lowest BCUT2D eigenvalue weighted by Gasteiger charge is -2.08. The number of rotatable bonds is 6. The second-order valence-electron chi connectivity index (χ2n) is 3.44. The van der Waals surface area contributed by atoms with Crippen LogP contribution in [0.3, 0.4) is 0 Å². The van der Waals surface area contributed by atoms with E-state index in [4.69, 9.17) is 11.6 Å². The molecule has 0 heterocycles. The highest BCUT2D eigenvalue weighted by Crippen LogP contribution is 2.21. The Kier molecular flexibility index (Phi) is 5.97. The topological polar surface area (TPSA) is 43.4 Å². The lowest BCUT2D eigenvalue weighted by atomic mass is 10.4. The summed E-state index contributed by atoms with van der Waals surface area (Å²) in [6.45, 7) is -1.79. The van der Waals surface area contributed by atoms with E-state index in [-0.39, 0.29) is 5.75 Å². The van der Waals surface area contributed by atoms with Gasteiger partial charge in [0.1, 0.15) is 0 Å². The van der Waals surface area contributed by atoms with Gasteiger partial charge in [0.15, 0.2) is 6.61 Å². The molecule has 1 aromatic rings. The SMILES string of the molecule is O=S(=O)(CCSc1ccc(Cl)cc1)OCC(F)(F)F. The van der Waals surface area contributed by atoms with Crippen LogP contribution < -0.4 is 0 Å². The molecule has 0 aliphatic rings. The third-order valence-electron chi connectivity index (χ3n) is 1.82. The first-order valence-electron chi connectivity index (χ1n) is 5.00. The monoisotopic (exact) mass is 334 g/mol. The molecule has 1 aromatic carbocycles. The molecule has 0 aliphatic heterocycles. The summed E-state index contributed by atoms with van der Waals surface area (Å²) in [5.74, 6) is -0.391. The molecule has 0 unspecified atom stereocenters. The molecule has 0 aromatic heterocycles. The Bertz CT molecular complexity index is 500. The molecule has 0 atom stereocenters. The van der Waals surface area contributed by atoms with Crippen molar-refractivity contribution in [3.63, 3.8) is 0 Å². The van der Waals surface area contributed by atoms with Crippen LogP contribution >= 0.6 is 23.4 Å². The summed E-state index contributed by atoms with van der Waals surface area (Å²) in [6.07, 6.45) is -4.66. The number of thioether (sulfide) groups is 1. The molecule has 0 saturated carbocycles. The van der Waals surface area contributed by atoms with E-state index in [1.54, 1.807) is 24.3 Å². The highest BCUT2D eigenvalue weighted by molar-refractivity contribution is 8.00. The minimum Gasteiger partial charge on any atom is -0.260 e. The van der Waals surface area contributed by atoms with Gasteiger partial charge >= 0.3 is 6.18 Å². The first-order chi connectivity index (χ1) is 8.68. The van der Waals surface area contributed by atoms with Crippen molar-refractivity contribution in [3.05, 3.63) is 29.3 Å². The van der Waals surface area contributed by atoms with Gasteiger partial charge in [-0.2, -0.15) is 21.6 Å². The molecular weight excluding hydrogens is 325 g/mol. The summed E-state index contributed by atoms with van der Waals surface area (Å²) < 4.78 is 61.6. The zero-order valence-electron chi connectivity index (χ0n) is 9.48. The lowest BCUT2D eigenvalue weighted by molar-refractivity contribution is -0.152. The number of hydrogen-bond donors (Lipinski definition) is 0. The molecule has 0 saturated heterocycles. The van der Waals surface area contributed by atoms with Gasteiger partial charge in [0, 0.05) is 15.7 Å². The highest BCUT2D eigenvalue weighted by atomic mass is 35.5. The van der Waals surface area contributed by atoms with E-state index in [0.29, 0.717) is 5.02 Å². The van der Waals surface area contributed by atoms with Crippen molar-refractivity contribution in [1.82, 2.24) is 0 Å². The number of halogens is 4. The maximum atomic E-state index is 11.8. The van der Waals surface area contributed by atoms with Gasteiger partial charge in [0.2, 0.25) is 0 Å². The quantitative estimate of drug-likeness (QED) is 0.591. The molecule has 0 fully saturated rings. The van der Waals surface area contributed by atoms with Gasteiger partial charge in [0.25, 0.3) is 10.1 Å². The summed E-state index contributed by atoms with van der Waals surface area (Å²) >= 11 is 6.86. The van der Waals surface area contributed by atoms with Gasteiger partial charge in [-0.15, -0.1) is 11.8 Å². The maximum absolute atomic E-state index is 11.8. The Morgan fingerprint density at radius 2 is 1.79 bits per heavy atom. The molecule has 1 rings (SSSR count). The summed E-state index contributed by atoms with van der Waals surface area (Å²) in [6, 6.07) is 6.66. The minimum absolute atomic E-state index is 0.0990. The third kappa shape index (κ3) is 7.66. The van der Waals surface area contributed by atoms with Gasteiger partial charge in [-0.25, -0.2) is 0 Å². The van der Waals surface area contributed by atoms with Gasteiger partial charge in [-0.1, -0.05) is 11.6 Å². The fourth-order valence-corrected chi connectivity index (χ4v) is 3.28. The number of hydrogen-bond acceptors (Lipinski definition) is 4. The number of benzene rings is 1. The smallest absolute Gasteiger partial charge is 0.260 e. The average Bonchev–Trinajstić information content (AvgIpc) is 2.29. The van der Waals surface area contributed by atoms with Crippen LogP contribution in [0.2, 0.25) is 5.02 Å². The van der Waals surface area contributed by atoms with E-state index in [1.807, 2.05) is 0 Å². The first-order valence-corrected chi connectivity index (χ1v) is 7.94. The Labute approximate surface area is 118 Å². The van der Waals surface area contributed by atoms with Crippen LogP contribution in [0.15, 0.2) is 29.2 Å². The van der Waals surface area contributed by atoms with Gasteiger partial charge in [-0.05, 0) is 24.3 Å². The Balaban J connectivity index is 2.37. The van der Waals surface area contributed by atoms with Crippen LogP contribution in [-0.4, -0.2) is 32.7 Å². The predicted octanol–water partition coefficient (Wildman–Crippen LogP) is 3.34. The van der Waals surface area contributed by atoms with E-state index in [1.165, 1.54) is 11.8 Å². The zero-order chi connectivity index (χ0) is 14.5. The first kappa shape index (κ1) is 16.6. The van der Waals surface area contributed by atoms with Crippen LogP contribution in [-0.2, 0) is 14.3 Å². The normalized spacial score (nSPS) is 12.6. The van der Waals surface area contributed by atoms with Crippen molar-refractivity contribution in [2.75, 3.05) is 18.1 Å². The van der Waals surface area contributed by atoms with E-state index in [2.05, 4.69) is 4.18 Å². The van der Waals surface area contributed by atoms with Crippen molar-refractivity contribution < 1.29 is 25.8 Å². The summed E-state index contributed by atoms with van der Waals surface area (Å²) in [7, 11) is -4.16. The standard InChI is InChI=1S/C10H10ClF3O3S2/c11-8-1-3-9(4-2-8)18-5-6-19(15,16)17-7-10(12,13)14/h1-4H,5-7H2. The van der Waals surface area contributed by atoms with Crippen LogP contribution in [0.1, 0.15) is 0 Å². The molecule has 3 nitrogen and oxygen atoms in total. The Hall–Kier alpha value is -0.440. The van der Waals surface area contributed by atoms with Crippen molar-refractivity contribution in [2.24, 2.45) is 0 Å². The van der Waals surface area contributed by atoms with Gasteiger partial charge in [-0.3, -0.25) is 4.18 Å². The molecule has 0 spiro atoms. The van der Waals surface area contributed by atoms with Crippen molar-refractivity contribution in [3.8, 4) is 0 Å². The average molecular weight is 335 g/mol. The molecule has 0 radical (unpaired) electrons. The molecule has 0 bridgehead atoms. The largest absolute Gasteiger partial charge is 0.413 e. The summed E-state index contributed by atoms with van der Waals surface area (Å²) in [5.41, 5.74) is 0. The Morgan fingerprint density at radius 1 is 1.21 bits per heavy atom. The van der Waals surface area contributed by atoms with Crippen molar-refractivity contribution in [1.29, 1.82) is 0 Å². The van der Waals surface area contributed by atoms with E-state index in [9.17, 15) is 21.6 Å². The molecule has 19 heavy (non-hydrogen) atoms. The zero-order valence-corrected chi connectivity index (χ0v) is 11.9. The molecule has 0 aliphatic carbocycles. The highest BCUT2D eigenvalue weighted by Gasteiger charge is 2.30. The molecular formula is C10H10ClF3O3S2. The lowest BCUT2D eigenvalue weighted by Crippen LogP contribution is -2.22. The molecule has 9 heteroatoms. The molecule has 108 valence electrons. The van der Waals surface area contributed by atoms with Gasteiger partial charge < -0.3 is 0 Å². The van der Waals surface area contributed by atoms with E-state index in [0.717, 1.165) is 4.90 Å². The molecule has 0 N–H and O–H groups in total. The van der Waals surface area contributed by atoms with Crippen LogP contribution in [0, 0.1) is 0 Å². The van der Waals surface area contributed by atoms with Crippen LogP contribution in [0.5, 0.6) is 0 Å². The van der Waals surface area contributed by atoms with Crippen molar-refractivity contribution in [2.45, 2.75) is 11.1 Å². The fraction of sp³-hybridized carbons (Fsp3) is 0.400. The van der Waals surface area contributed by atoms with E-state index >= 15 is 0 Å². The van der Waals surface area contributed by atoms with Crippen LogP contribution in [0.25, 0.3) is 0 Å². The fourth-order valence-electron chi connectivity index (χ4n) is 1.01. The van der Waals surface area contributed by atoms with Crippen LogP contribution in [0.4, 0.5) is 13.2 Å². The second kappa shape index (κ2) is 6.83. The second-order valence-corrected chi connectivity index (χ2v) is 6.81. The number of alkyl halides is 3. The Morgan fingerprint density at radius 3 is 2.32 bits per heavy atom. The van der Waals surface area contributed by atoms with Crippen molar-refractivity contribution >= 4 is 33.5 Å². The predicted molar refractivity (Wildman–Crippen MR) is 68.0 cm³/mol. The summed E-state index contributed by atoms with van der Waals surface area (Å²) in [4.78, 5) is 0.774. The minimum atomic E-state index is -4.66. The van der Waals surface area contributed by atoms with E-state index < -0.39 is 28.7 Å². The maximum Gasteiger partial charge on any atom is 0.413 e. The molecule has 0 amide bonds.